The van der Waals surface area contributed by atoms with Gasteiger partial charge in [-0.25, -0.2) is 4.79 Å². The van der Waals surface area contributed by atoms with Crippen LogP contribution in [-0.4, -0.2) is 29.3 Å². The van der Waals surface area contributed by atoms with E-state index in [-0.39, 0.29) is 23.9 Å². The highest BCUT2D eigenvalue weighted by Crippen LogP contribution is 2.60. The van der Waals surface area contributed by atoms with Gasteiger partial charge in [-0.15, -0.1) is 0 Å². The fourth-order valence-electron chi connectivity index (χ4n) is 4.81. The third-order valence-electron chi connectivity index (χ3n) is 5.72. The minimum absolute atomic E-state index is 0.00451. The topological polar surface area (TPSA) is 49.4 Å². The maximum atomic E-state index is 12.5. The first-order valence-electron chi connectivity index (χ1n) is 7.78. The minimum Gasteiger partial charge on any atom is -0.330 e. The first-order valence-corrected chi connectivity index (χ1v) is 7.78. The molecule has 2 saturated heterocycles. The molecular formula is C17H20N2O2. The Morgan fingerprint density at radius 3 is 2.81 bits per heavy atom. The van der Waals surface area contributed by atoms with E-state index in [0.717, 1.165) is 31.4 Å². The number of rotatable bonds is 2. The van der Waals surface area contributed by atoms with E-state index in [1.54, 1.807) is 6.92 Å². The summed E-state index contributed by atoms with van der Waals surface area (Å²) in [5.41, 5.74) is 0.616. The fraction of sp³-hybridized carbons (Fsp3) is 0.529. The van der Waals surface area contributed by atoms with Gasteiger partial charge in [0.05, 0.1) is 17.5 Å². The summed E-state index contributed by atoms with van der Waals surface area (Å²) in [6.45, 7) is 2.47. The monoisotopic (exact) mass is 284 g/mol. The van der Waals surface area contributed by atoms with E-state index < -0.39 is 5.41 Å². The second-order valence-electron chi connectivity index (χ2n) is 6.63. The number of amides is 2. The molecule has 3 aliphatic rings. The number of urea groups is 1. The van der Waals surface area contributed by atoms with Crippen LogP contribution in [0, 0.1) is 11.3 Å². The average Bonchev–Trinajstić information content (AvgIpc) is 2.47. The van der Waals surface area contributed by atoms with Crippen molar-refractivity contribution in [1.29, 1.82) is 0 Å². The van der Waals surface area contributed by atoms with Crippen molar-refractivity contribution in [3.05, 3.63) is 35.9 Å². The van der Waals surface area contributed by atoms with Gasteiger partial charge in [0.25, 0.3) is 0 Å². The third-order valence-corrected chi connectivity index (χ3v) is 5.72. The van der Waals surface area contributed by atoms with Gasteiger partial charge >= 0.3 is 6.03 Å². The van der Waals surface area contributed by atoms with Crippen LogP contribution in [0.5, 0.6) is 0 Å². The fourth-order valence-corrected chi connectivity index (χ4v) is 4.81. The van der Waals surface area contributed by atoms with Crippen LogP contribution in [0.25, 0.3) is 0 Å². The number of benzene rings is 1. The molecule has 2 aliphatic heterocycles. The molecule has 4 atom stereocenters. The highest BCUT2D eigenvalue weighted by Gasteiger charge is 2.67. The molecule has 4 nitrogen and oxygen atoms in total. The van der Waals surface area contributed by atoms with Gasteiger partial charge in [-0.2, -0.15) is 0 Å². The molecule has 0 aromatic heterocycles. The van der Waals surface area contributed by atoms with E-state index in [1.165, 1.54) is 0 Å². The molecule has 0 radical (unpaired) electrons. The van der Waals surface area contributed by atoms with Crippen LogP contribution in [0.15, 0.2) is 30.3 Å². The molecule has 1 aromatic rings. The van der Waals surface area contributed by atoms with Gasteiger partial charge in [0.1, 0.15) is 5.78 Å². The molecule has 4 heteroatoms. The molecule has 1 aromatic carbocycles. The third kappa shape index (κ3) is 1.56. The number of ketones is 1. The molecule has 2 amide bonds. The smallest absolute Gasteiger partial charge is 0.318 e. The highest BCUT2D eigenvalue weighted by atomic mass is 16.2. The maximum Gasteiger partial charge on any atom is 0.318 e. The first kappa shape index (κ1) is 12.9. The lowest BCUT2D eigenvalue weighted by Crippen LogP contribution is -2.76. The van der Waals surface area contributed by atoms with E-state index in [0.29, 0.717) is 5.92 Å². The largest absolute Gasteiger partial charge is 0.330 e. The Bertz CT molecular complexity index is 598. The van der Waals surface area contributed by atoms with Crippen LogP contribution in [-0.2, 0) is 4.79 Å². The van der Waals surface area contributed by atoms with Crippen molar-refractivity contribution < 1.29 is 9.59 Å². The van der Waals surface area contributed by atoms with Gasteiger partial charge in [-0.3, -0.25) is 4.79 Å². The molecular weight excluding hydrogens is 264 g/mol. The van der Waals surface area contributed by atoms with Crippen molar-refractivity contribution in [3.63, 3.8) is 0 Å². The van der Waals surface area contributed by atoms with Crippen molar-refractivity contribution in [2.45, 2.75) is 38.3 Å². The molecule has 2 heterocycles. The summed E-state index contributed by atoms with van der Waals surface area (Å²) in [6, 6.07) is 9.85. The molecule has 3 fully saturated rings. The number of nitrogens with zero attached hydrogens (tertiary/aromatic N) is 1. The Morgan fingerprint density at radius 2 is 2.10 bits per heavy atom. The van der Waals surface area contributed by atoms with Crippen molar-refractivity contribution in [1.82, 2.24) is 10.2 Å². The second kappa shape index (κ2) is 4.33. The second-order valence-corrected chi connectivity index (χ2v) is 6.63. The Hall–Kier alpha value is -1.84. The molecule has 1 aliphatic carbocycles. The van der Waals surface area contributed by atoms with Crippen LogP contribution >= 0.6 is 0 Å². The molecule has 0 bridgehead atoms. The van der Waals surface area contributed by atoms with E-state index in [1.807, 2.05) is 35.2 Å². The van der Waals surface area contributed by atoms with Crippen LogP contribution in [0.4, 0.5) is 4.79 Å². The molecule has 0 unspecified atom stereocenters. The molecule has 1 N–H and O–H groups in total. The lowest BCUT2D eigenvalue weighted by Gasteiger charge is -2.65. The summed E-state index contributed by atoms with van der Waals surface area (Å²) in [4.78, 5) is 26.9. The van der Waals surface area contributed by atoms with E-state index in [9.17, 15) is 9.59 Å². The summed E-state index contributed by atoms with van der Waals surface area (Å²) in [5, 5.41) is 3.11. The average molecular weight is 284 g/mol. The van der Waals surface area contributed by atoms with Crippen LogP contribution in [0.1, 0.15) is 37.8 Å². The Morgan fingerprint density at radius 1 is 1.33 bits per heavy atom. The lowest BCUT2D eigenvalue weighted by atomic mass is 9.48. The molecule has 21 heavy (non-hydrogen) atoms. The zero-order valence-corrected chi connectivity index (χ0v) is 12.2. The van der Waals surface area contributed by atoms with Gasteiger partial charge in [0.2, 0.25) is 0 Å². The summed E-state index contributed by atoms with van der Waals surface area (Å²) < 4.78 is 0. The number of carbonyl (C=O) groups is 2. The molecule has 4 rings (SSSR count). The maximum absolute atomic E-state index is 12.5. The summed E-state index contributed by atoms with van der Waals surface area (Å²) in [7, 11) is 0. The van der Waals surface area contributed by atoms with E-state index in [4.69, 9.17) is 0 Å². The number of piperidine rings is 1. The standard InChI is InChI=1S/C17H20N2O2/c1-11(20)17-10-13-8-5-9-19(15(13)17)16(21)18-14(17)12-6-3-2-4-7-12/h2-4,6-7,13-15H,5,8-10H2,1H3,(H,18,21)/t13-,14+,15-,17+/m0/s1. The zero-order valence-electron chi connectivity index (χ0n) is 12.2. The molecule has 1 saturated carbocycles. The van der Waals surface area contributed by atoms with Crippen LogP contribution in [0.3, 0.4) is 0 Å². The normalized spacial score (nSPS) is 37.3. The van der Waals surface area contributed by atoms with E-state index >= 15 is 0 Å². The van der Waals surface area contributed by atoms with Crippen molar-refractivity contribution in [2.24, 2.45) is 11.3 Å². The molecule has 0 spiro atoms. The van der Waals surface area contributed by atoms with Gasteiger partial charge in [0, 0.05) is 6.54 Å². The van der Waals surface area contributed by atoms with Crippen LogP contribution < -0.4 is 5.32 Å². The molecule has 110 valence electrons. The Balaban J connectivity index is 1.81. The number of hydrogen-bond donors (Lipinski definition) is 1. The Labute approximate surface area is 124 Å². The van der Waals surface area contributed by atoms with Gasteiger partial charge in [-0.05, 0) is 37.7 Å². The van der Waals surface area contributed by atoms with Gasteiger partial charge in [-0.1, -0.05) is 30.3 Å². The zero-order chi connectivity index (χ0) is 14.6. The number of nitrogens with one attached hydrogen (secondary N) is 1. The lowest BCUT2D eigenvalue weighted by molar-refractivity contribution is -0.163. The van der Waals surface area contributed by atoms with E-state index in [2.05, 4.69) is 5.32 Å². The predicted octanol–water partition coefficient (Wildman–Crippen LogP) is 2.51. The number of hydrogen-bond acceptors (Lipinski definition) is 2. The van der Waals surface area contributed by atoms with Crippen LogP contribution in [0.2, 0.25) is 0 Å². The van der Waals surface area contributed by atoms with Gasteiger partial charge < -0.3 is 10.2 Å². The Kier molecular flexibility index (Phi) is 2.65. The number of Topliss-reactive ketones (excluding diaryl/α,β-unsaturated/α-hetero) is 1. The predicted molar refractivity (Wildman–Crippen MR) is 78.7 cm³/mol. The minimum atomic E-state index is -0.430. The first-order chi connectivity index (χ1) is 10.1. The summed E-state index contributed by atoms with van der Waals surface area (Å²) in [6.07, 6.45) is 3.10. The highest BCUT2D eigenvalue weighted by molar-refractivity contribution is 5.90. The number of carbonyl (C=O) groups excluding carboxylic acids is 2. The summed E-state index contributed by atoms with van der Waals surface area (Å²) >= 11 is 0. The SMILES string of the molecule is CC(=O)[C@]12C[C@@H]3CCCN(C(=O)N[C@@H]1c1ccccc1)[C@@H]32. The van der Waals surface area contributed by atoms with Crippen molar-refractivity contribution >= 4 is 11.8 Å². The summed E-state index contributed by atoms with van der Waals surface area (Å²) in [5.74, 6) is 0.712. The van der Waals surface area contributed by atoms with Crippen molar-refractivity contribution in [3.8, 4) is 0 Å². The quantitative estimate of drug-likeness (QED) is 0.907. The van der Waals surface area contributed by atoms with Gasteiger partial charge in [0.15, 0.2) is 0 Å². The van der Waals surface area contributed by atoms with Crippen molar-refractivity contribution in [2.75, 3.05) is 6.54 Å².